The van der Waals surface area contributed by atoms with Gasteiger partial charge in [-0.25, -0.2) is 13.2 Å². The second-order valence-electron chi connectivity index (χ2n) is 3.84. The van der Waals surface area contributed by atoms with E-state index in [0.717, 1.165) is 0 Å². The minimum Gasteiger partial charge on any atom is -0.335 e. The van der Waals surface area contributed by atoms with Crippen molar-refractivity contribution in [2.75, 3.05) is 5.32 Å². The van der Waals surface area contributed by atoms with Crippen LogP contribution in [0.5, 0.6) is 0 Å². The minimum absolute atomic E-state index is 0.0539. The quantitative estimate of drug-likeness (QED) is 0.713. The molecule has 0 aliphatic carbocycles. The first-order chi connectivity index (χ1) is 9.54. The summed E-state index contributed by atoms with van der Waals surface area (Å²) in [5, 5.41) is 8.96. The van der Waals surface area contributed by atoms with E-state index in [9.17, 15) is 13.2 Å². The van der Waals surface area contributed by atoms with E-state index in [0.29, 0.717) is 23.2 Å². The maximum absolute atomic E-state index is 13.6. The molecule has 0 amide bonds. The van der Waals surface area contributed by atoms with E-state index in [1.807, 2.05) is 0 Å². The molecule has 2 heterocycles. The zero-order valence-corrected chi connectivity index (χ0v) is 10.3. The fourth-order valence-corrected chi connectivity index (χ4v) is 1.85. The first kappa shape index (κ1) is 12.7. The molecular formula is C11H5ClF3N5. The molecule has 20 heavy (non-hydrogen) atoms. The lowest BCUT2D eigenvalue weighted by atomic mass is 10.2. The van der Waals surface area contributed by atoms with E-state index in [-0.39, 0.29) is 11.1 Å². The van der Waals surface area contributed by atoms with Crippen molar-refractivity contribution in [3.63, 3.8) is 0 Å². The lowest BCUT2D eigenvalue weighted by molar-refractivity contribution is 0.549. The molecule has 102 valence electrons. The van der Waals surface area contributed by atoms with Gasteiger partial charge in [-0.05, 0) is 11.6 Å². The number of rotatable bonds is 2. The predicted molar refractivity (Wildman–Crippen MR) is 66.3 cm³/mol. The van der Waals surface area contributed by atoms with E-state index >= 15 is 0 Å². The molecule has 0 fully saturated rings. The van der Waals surface area contributed by atoms with Crippen molar-refractivity contribution in [1.82, 2.24) is 20.2 Å². The van der Waals surface area contributed by atoms with Crippen LogP contribution in [0.3, 0.4) is 0 Å². The number of anilines is 2. The summed E-state index contributed by atoms with van der Waals surface area (Å²) in [6.07, 6.45) is 1.37. The highest BCUT2D eigenvalue weighted by Gasteiger charge is 2.15. The molecule has 0 unspecified atom stereocenters. The third-order valence-electron chi connectivity index (χ3n) is 2.53. The first-order valence-corrected chi connectivity index (χ1v) is 5.70. The number of aromatic nitrogens is 4. The highest BCUT2D eigenvalue weighted by molar-refractivity contribution is 6.28. The fraction of sp³-hybridized carbons (Fsp3) is 0. The molecule has 1 aromatic carbocycles. The highest BCUT2D eigenvalue weighted by Crippen LogP contribution is 2.27. The average Bonchev–Trinajstić information content (AvgIpc) is 2.81. The topological polar surface area (TPSA) is 66.5 Å². The Hall–Kier alpha value is -2.35. The van der Waals surface area contributed by atoms with Gasteiger partial charge >= 0.3 is 0 Å². The molecule has 0 aliphatic heterocycles. The van der Waals surface area contributed by atoms with Gasteiger partial charge in [-0.15, -0.1) is 0 Å². The number of fused-ring (bicyclic) bond motifs is 1. The van der Waals surface area contributed by atoms with Crippen molar-refractivity contribution < 1.29 is 13.2 Å². The summed E-state index contributed by atoms with van der Waals surface area (Å²) in [4.78, 5) is 7.68. The molecule has 3 aromatic rings. The maximum Gasteiger partial charge on any atom is 0.226 e. The smallest absolute Gasteiger partial charge is 0.226 e. The average molecular weight is 300 g/mol. The standard InChI is InChI=1S/C11H5ClF3N5/c12-11-18-9(5-3-16-20-10(5)19-11)17-8-6(14)1-4(13)2-7(8)15/h1-3H,(H2,16,17,18,19,20). The zero-order valence-electron chi connectivity index (χ0n) is 9.59. The molecule has 5 nitrogen and oxygen atoms in total. The van der Waals surface area contributed by atoms with Crippen LogP contribution in [-0.2, 0) is 0 Å². The number of halogens is 4. The molecule has 0 atom stereocenters. The molecule has 0 bridgehead atoms. The second-order valence-corrected chi connectivity index (χ2v) is 4.18. The van der Waals surface area contributed by atoms with Crippen molar-refractivity contribution in [3.05, 3.63) is 41.1 Å². The van der Waals surface area contributed by atoms with E-state index in [2.05, 4.69) is 25.5 Å². The Morgan fingerprint density at radius 2 is 1.80 bits per heavy atom. The van der Waals surface area contributed by atoms with Gasteiger partial charge in [-0.2, -0.15) is 15.1 Å². The Balaban J connectivity index is 2.12. The van der Waals surface area contributed by atoms with Gasteiger partial charge in [0.05, 0.1) is 11.6 Å². The van der Waals surface area contributed by atoms with Gasteiger partial charge in [0.2, 0.25) is 5.28 Å². The lowest BCUT2D eigenvalue weighted by Gasteiger charge is -2.09. The maximum atomic E-state index is 13.6. The van der Waals surface area contributed by atoms with Crippen LogP contribution in [0.25, 0.3) is 11.0 Å². The highest BCUT2D eigenvalue weighted by atomic mass is 35.5. The summed E-state index contributed by atoms with van der Waals surface area (Å²) in [6.45, 7) is 0. The molecule has 0 saturated carbocycles. The van der Waals surface area contributed by atoms with E-state index < -0.39 is 23.1 Å². The van der Waals surface area contributed by atoms with Gasteiger partial charge in [-0.1, -0.05) is 0 Å². The number of hydrogen-bond donors (Lipinski definition) is 2. The van der Waals surface area contributed by atoms with E-state index in [1.54, 1.807) is 0 Å². The summed E-state index contributed by atoms with van der Waals surface area (Å²) in [6, 6.07) is 1.11. The largest absolute Gasteiger partial charge is 0.335 e. The molecule has 0 spiro atoms. The number of nitrogens with zero attached hydrogens (tertiary/aromatic N) is 3. The Morgan fingerprint density at radius 3 is 2.50 bits per heavy atom. The summed E-state index contributed by atoms with van der Waals surface area (Å²) in [5.74, 6) is -3.14. The molecule has 3 rings (SSSR count). The molecule has 0 aliphatic rings. The van der Waals surface area contributed by atoms with Crippen LogP contribution in [0.2, 0.25) is 5.28 Å². The van der Waals surface area contributed by atoms with Gasteiger partial charge in [0.25, 0.3) is 0 Å². The third-order valence-corrected chi connectivity index (χ3v) is 2.70. The zero-order chi connectivity index (χ0) is 14.3. The molecule has 0 radical (unpaired) electrons. The Morgan fingerprint density at radius 1 is 1.10 bits per heavy atom. The van der Waals surface area contributed by atoms with Gasteiger partial charge in [0.15, 0.2) is 17.3 Å². The van der Waals surface area contributed by atoms with Crippen LogP contribution >= 0.6 is 11.6 Å². The molecule has 9 heteroatoms. The number of H-pyrrole nitrogens is 1. The van der Waals surface area contributed by atoms with Gasteiger partial charge < -0.3 is 5.32 Å². The minimum atomic E-state index is -1.09. The SMILES string of the molecule is Fc1cc(F)c(Nc2nc(Cl)nc3[nH]ncc23)c(F)c1. The van der Waals surface area contributed by atoms with E-state index in [1.165, 1.54) is 6.20 Å². The fourth-order valence-electron chi connectivity index (χ4n) is 1.68. The van der Waals surface area contributed by atoms with Crippen LogP contribution in [0, 0.1) is 17.5 Å². The number of benzene rings is 1. The van der Waals surface area contributed by atoms with Crippen molar-refractivity contribution in [3.8, 4) is 0 Å². The summed E-state index contributed by atoms with van der Waals surface area (Å²) < 4.78 is 40.0. The van der Waals surface area contributed by atoms with Crippen LogP contribution < -0.4 is 5.32 Å². The van der Waals surface area contributed by atoms with E-state index in [4.69, 9.17) is 11.6 Å². The van der Waals surface area contributed by atoms with Crippen molar-refractivity contribution in [1.29, 1.82) is 0 Å². The number of nitrogens with one attached hydrogen (secondary N) is 2. The van der Waals surface area contributed by atoms with Crippen LogP contribution in [0.4, 0.5) is 24.7 Å². The Kier molecular flexibility index (Phi) is 2.94. The van der Waals surface area contributed by atoms with Crippen LogP contribution in [0.1, 0.15) is 0 Å². The van der Waals surface area contributed by atoms with Gasteiger partial charge in [0.1, 0.15) is 17.3 Å². The van der Waals surface area contributed by atoms with Crippen LogP contribution in [-0.4, -0.2) is 20.2 Å². The molecule has 0 saturated heterocycles. The number of hydrogen-bond acceptors (Lipinski definition) is 4. The van der Waals surface area contributed by atoms with Gasteiger partial charge in [-0.3, -0.25) is 5.10 Å². The lowest BCUT2D eigenvalue weighted by Crippen LogP contribution is -2.02. The van der Waals surface area contributed by atoms with Crippen molar-refractivity contribution >= 4 is 34.1 Å². The predicted octanol–water partition coefficient (Wildman–Crippen LogP) is 3.17. The number of aromatic amines is 1. The first-order valence-electron chi connectivity index (χ1n) is 5.33. The van der Waals surface area contributed by atoms with Crippen LogP contribution in [0.15, 0.2) is 18.3 Å². The third kappa shape index (κ3) is 2.14. The van der Waals surface area contributed by atoms with Gasteiger partial charge in [0, 0.05) is 12.1 Å². The molecular weight excluding hydrogens is 295 g/mol. The monoisotopic (exact) mass is 299 g/mol. The molecule has 2 aromatic heterocycles. The Labute approximate surface area is 114 Å². The Bertz CT molecular complexity index is 781. The summed E-state index contributed by atoms with van der Waals surface area (Å²) in [5.41, 5.74) is -0.237. The van der Waals surface area contributed by atoms with Crippen molar-refractivity contribution in [2.24, 2.45) is 0 Å². The second kappa shape index (κ2) is 4.64. The summed E-state index contributed by atoms with van der Waals surface area (Å²) >= 11 is 5.69. The summed E-state index contributed by atoms with van der Waals surface area (Å²) in [7, 11) is 0. The molecule has 2 N–H and O–H groups in total. The van der Waals surface area contributed by atoms with Crippen molar-refractivity contribution in [2.45, 2.75) is 0 Å². The normalized spacial score (nSPS) is 11.0.